The van der Waals surface area contributed by atoms with Crippen molar-refractivity contribution < 1.29 is 13.2 Å². The van der Waals surface area contributed by atoms with Gasteiger partial charge in [0.05, 0.1) is 11.3 Å². The van der Waals surface area contributed by atoms with Gasteiger partial charge in [-0.2, -0.15) is 13.2 Å². The van der Waals surface area contributed by atoms with Crippen LogP contribution < -0.4 is 5.32 Å². The van der Waals surface area contributed by atoms with E-state index < -0.39 is 11.7 Å². The molecule has 0 aliphatic carbocycles. The first kappa shape index (κ1) is 17.0. The lowest BCUT2D eigenvalue weighted by molar-refractivity contribution is -0.137. The summed E-state index contributed by atoms with van der Waals surface area (Å²) >= 11 is 0. The van der Waals surface area contributed by atoms with Crippen LogP contribution in [0.1, 0.15) is 57.8 Å². The largest absolute Gasteiger partial charge is 0.417 e. The van der Waals surface area contributed by atoms with Crippen molar-refractivity contribution in [3.05, 3.63) is 29.6 Å². The van der Waals surface area contributed by atoms with Crippen LogP contribution in [0.25, 0.3) is 0 Å². The fraction of sp³-hybridized carbons (Fsp3) is 0.667. The molecule has 5 heteroatoms. The fourth-order valence-corrected chi connectivity index (χ4v) is 1.96. The van der Waals surface area contributed by atoms with E-state index >= 15 is 0 Å². The van der Waals surface area contributed by atoms with Crippen molar-refractivity contribution in [1.82, 2.24) is 10.3 Å². The molecule has 1 aromatic heterocycles. The van der Waals surface area contributed by atoms with E-state index in [9.17, 15) is 13.2 Å². The predicted molar refractivity (Wildman–Crippen MR) is 74.3 cm³/mol. The van der Waals surface area contributed by atoms with E-state index in [4.69, 9.17) is 0 Å². The fourth-order valence-electron chi connectivity index (χ4n) is 1.96. The quantitative estimate of drug-likeness (QED) is 0.858. The predicted octanol–water partition coefficient (Wildman–Crippen LogP) is 4.58. The van der Waals surface area contributed by atoms with Crippen molar-refractivity contribution in [3.8, 4) is 0 Å². The molecule has 0 radical (unpaired) electrons. The first-order chi connectivity index (χ1) is 9.13. The number of pyridine rings is 1. The van der Waals surface area contributed by atoms with E-state index in [-0.39, 0.29) is 11.5 Å². The Balaban J connectivity index is 2.81. The van der Waals surface area contributed by atoms with Gasteiger partial charge in [-0.3, -0.25) is 4.98 Å². The highest BCUT2D eigenvalue weighted by Crippen LogP contribution is 2.30. The zero-order chi connectivity index (χ0) is 15.4. The Morgan fingerprint density at radius 3 is 2.25 bits per heavy atom. The molecule has 0 aliphatic heterocycles. The second-order valence-corrected chi connectivity index (χ2v) is 6.18. The summed E-state index contributed by atoms with van der Waals surface area (Å²) in [5.74, 6) is 0. The standard InChI is InChI=1S/C15H23F3N2/c1-5-19-13(8-9-14(2,3)4)12-7-6-11(10-20-12)15(16,17)18/h6-7,10,13,19H,5,8-9H2,1-4H3. The summed E-state index contributed by atoms with van der Waals surface area (Å²) in [5.41, 5.74) is 0.163. The molecule has 1 unspecified atom stereocenters. The van der Waals surface area contributed by atoms with E-state index in [2.05, 4.69) is 31.1 Å². The lowest BCUT2D eigenvalue weighted by Crippen LogP contribution is -2.23. The van der Waals surface area contributed by atoms with Gasteiger partial charge in [-0.25, -0.2) is 0 Å². The summed E-state index contributed by atoms with van der Waals surface area (Å²) in [6.07, 6.45) is -1.58. The van der Waals surface area contributed by atoms with Gasteiger partial charge in [-0.05, 0) is 36.9 Å². The second-order valence-electron chi connectivity index (χ2n) is 6.18. The molecule has 0 aromatic carbocycles. The van der Waals surface area contributed by atoms with E-state index in [0.29, 0.717) is 5.69 Å². The molecular formula is C15H23F3N2. The summed E-state index contributed by atoms with van der Waals surface area (Å²) in [5, 5.41) is 3.29. The van der Waals surface area contributed by atoms with Gasteiger partial charge < -0.3 is 5.32 Å². The van der Waals surface area contributed by atoms with Crippen LogP contribution in [0.2, 0.25) is 0 Å². The highest BCUT2D eigenvalue weighted by molar-refractivity contribution is 5.19. The van der Waals surface area contributed by atoms with E-state index in [0.717, 1.165) is 31.6 Å². The Hall–Kier alpha value is -1.10. The molecule has 114 valence electrons. The molecule has 0 bridgehead atoms. The number of hydrogen-bond acceptors (Lipinski definition) is 2. The molecule has 1 aromatic rings. The van der Waals surface area contributed by atoms with Gasteiger partial charge in [0.25, 0.3) is 0 Å². The lowest BCUT2D eigenvalue weighted by atomic mass is 9.88. The molecular weight excluding hydrogens is 265 g/mol. The Bertz CT molecular complexity index is 405. The maximum atomic E-state index is 12.5. The van der Waals surface area contributed by atoms with Gasteiger partial charge in [0.1, 0.15) is 0 Å². The highest BCUT2D eigenvalue weighted by atomic mass is 19.4. The van der Waals surface area contributed by atoms with Gasteiger partial charge in [0.2, 0.25) is 0 Å². The number of hydrogen-bond donors (Lipinski definition) is 1. The van der Waals surface area contributed by atoms with Crippen molar-refractivity contribution in [2.24, 2.45) is 5.41 Å². The average molecular weight is 288 g/mol. The molecule has 0 aliphatic rings. The van der Waals surface area contributed by atoms with Crippen molar-refractivity contribution in [2.45, 2.75) is 52.8 Å². The van der Waals surface area contributed by atoms with Crippen molar-refractivity contribution >= 4 is 0 Å². The number of rotatable bonds is 5. The molecule has 20 heavy (non-hydrogen) atoms. The third-order valence-electron chi connectivity index (χ3n) is 3.10. The van der Waals surface area contributed by atoms with Gasteiger partial charge in [-0.1, -0.05) is 27.7 Å². The highest BCUT2D eigenvalue weighted by Gasteiger charge is 2.31. The molecule has 1 rings (SSSR count). The van der Waals surface area contributed by atoms with Gasteiger partial charge in [0.15, 0.2) is 0 Å². The molecule has 2 nitrogen and oxygen atoms in total. The maximum Gasteiger partial charge on any atom is 0.417 e. The van der Waals surface area contributed by atoms with E-state index in [1.54, 1.807) is 0 Å². The molecule has 0 fully saturated rings. The summed E-state index contributed by atoms with van der Waals surface area (Å²) < 4.78 is 37.6. The van der Waals surface area contributed by atoms with Crippen LogP contribution in [0, 0.1) is 5.41 Å². The van der Waals surface area contributed by atoms with Crippen molar-refractivity contribution in [1.29, 1.82) is 0 Å². The molecule has 0 saturated heterocycles. The summed E-state index contributed by atoms with van der Waals surface area (Å²) in [4.78, 5) is 3.98. The molecule has 1 atom stereocenters. The number of halogens is 3. The molecule has 0 amide bonds. The third-order valence-corrected chi connectivity index (χ3v) is 3.10. The Morgan fingerprint density at radius 1 is 1.20 bits per heavy atom. The minimum atomic E-state index is -4.33. The summed E-state index contributed by atoms with van der Waals surface area (Å²) in [6.45, 7) is 9.19. The molecule has 1 N–H and O–H groups in total. The number of aromatic nitrogens is 1. The van der Waals surface area contributed by atoms with Crippen LogP contribution in [0.4, 0.5) is 13.2 Å². The first-order valence-electron chi connectivity index (χ1n) is 6.90. The monoisotopic (exact) mass is 288 g/mol. The van der Waals surface area contributed by atoms with Crippen LogP contribution in [0.15, 0.2) is 18.3 Å². The SMILES string of the molecule is CCNC(CCC(C)(C)C)c1ccc(C(F)(F)F)cn1. The number of nitrogens with one attached hydrogen (secondary N) is 1. The van der Waals surface area contributed by atoms with Crippen molar-refractivity contribution in [3.63, 3.8) is 0 Å². The van der Waals surface area contributed by atoms with E-state index in [1.165, 1.54) is 6.07 Å². The Morgan fingerprint density at radius 2 is 1.85 bits per heavy atom. The molecule has 0 saturated carbocycles. The number of nitrogens with zero attached hydrogens (tertiary/aromatic N) is 1. The van der Waals surface area contributed by atoms with Crippen LogP contribution in [-0.4, -0.2) is 11.5 Å². The lowest BCUT2D eigenvalue weighted by Gasteiger charge is -2.23. The normalized spacial score (nSPS) is 14.3. The zero-order valence-corrected chi connectivity index (χ0v) is 12.5. The molecule has 0 spiro atoms. The summed E-state index contributed by atoms with van der Waals surface area (Å²) in [7, 11) is 0. The Labute approximate surface area is 118 Å². The number of alkyl halides is 3. The third kappa shape index (κ3) is 5.49. The van der Waals surface area contributed by atoms with Crippen molar-refractivity contribution in [2.75, 3.05) is 6.54 Å². The first-order valence-corrected chi connectivity index (χ1v) is 6.90. The van der Waals surface area contributed by atoms with Gasteiger partial charge >= 0.3 is 6.18 Å². The minimum absolute atomic E-state index is 0.00140. The second kappa shape index (κ2) is 6.57. The Kier molecular flexibility index (Phi) is 5.57. The van der Waals surface area contributed by atoms with Gasteiger partial charge in [-0.15, -0.1) is 0 Å². The molecule has 1 heterocycles. The minimum Gasteiger partial charge on any atom is -0.309 e. The smallest absolute Gasteiger partial charge is 0.309 e. The van der Waals surface area contributed by atoms with E-state index in [1.807, 2.05) is 6.92 Å². The van der Waals surface area contributed by atoms with Crippen LogP contribution in [-0.2, 0) is 6.18 Å². The van der Waals surface area contributed by atoms with Crippen LogP contribution in [0.3, 0.4) is 0 Å². The van der Waals surface area contributed by atoms with Gasteiger partial charge in [0, 0.05) is 12.2 Å². The maximum absolute atomic E-state index is 12.5. The van der Waals surface area contributed by atoms with Crippen LogP contribution in [0.5, 0.6) is 0 Å². The zero-order valence-electron chi connectivity index (χ0n) is 12.5. The van der Waals surface area contributed by atoms with Crippen LogP contribution >= 0.6 is 0 Å². The topological polar surface area (TPSA) is 24.9 Å². The average Bonchev–Trinajstić information content (AvgIpc) is 2.32. The summed E-state index contributed by atoms with van der Waals surface area (Å²) in [6, 6.07) is 2.57.